The summed E-state index contributed by atoms with van der Waals surface area (Å²) >= 11 is 0. The number of likely N-dealkylation sites (N-methyl/N-ethyl adjacent to an activating group) is 1. The van der Waals surface area contributed by atoms with Crippen molar-refractivity contribution in [3.63, 3.8) is 0 Å². The number of rotatable bonds is 7. The van der Waals surface area contributed by atoms with Crippen LogP contribution in [0, 0.1) is 5.92 Å². The fourth-order valence-electron chi connectivity index (χ4n) is 2.61. The maximum atomic E-state index is 11.2. The molecule has 5 nitrogen and oxygen atoms in total. The van der Waals surface area contributed by atoms with Crippen molar-refractivity contribution in [3.8, 4) is 0 Å². The van der Waals surface area contributed by atoms with Crippen molar-refractivity contribution in [3.05, 3.63) is 0 Å². The van der Waals surface area contributed by atoms with Crippen LogP contribution >= 0.6 is 0 Å². The lowest BCUT2D eigenvalue weighted by atomic mass is 9.90. The van der Waals surface area contributed by atoms with E-state index < -0.39 is 0 Å². The zero-order valence-corrected chi connectivity index (χ0v) is 11.5. The van der Waals surface area contributed by atoms with Crippen LogP contribution in [0.25, 0.3) is 0 Å². The average molecular weight is 258 g/mol. The van der Waals surface area contributed by atoms with Crippen molar-refractivity contribution in [2.75, 3.05) is 39.9 Å². The van der Waals surface area contributed by atoms with E-state index in [0.717, 1.165) is 32.5 Å². The summed E-state index contributed by atoms with van der Waals surface area (Å²) in [4.78, 5) is 13.6. The van der Waals surface area contributed by atoms with Crippen LogP contribution in [0.15, 0.2) is 0 Å². The van der Waals surface area contributed by atoms with E-state index in [4.69, 9.17) is 5.11 Å². The lowest BCUT2D eigenvalue weighted by molar-refractivity contribution is -0.141. The van der Waals surface area contributed by atoms with E-state index in [0.29, 0.717) is 24.9 Å². The third kappa shape index (κ3) is 5.33. The molecule has 1 heterocycles. The zero-order valence-electron chi connectivity index (χ0n) is 11.5. The van der Waals surface area contributed by atoms with Crippen LogP contribution in [0.2, 0.25) is 0 Å². The molecule has 0 spiro atoms. The van der Waals surface area contributed by atoms with Crippen LogP contribution in [-0.2, 0) is 9.53 Å². The highest BCUT2D eigenvalue weighted by Crippen LogP contribution is 2.21. The predicted octanol–water partition coefficient (Wildman–Crippen LogP) is 0.232. The summed E-state index contributed by atoms with van der Waals surface area (Å²) in [5.41, 5.74) is 0. The van der Waals surface area contributed by atoms with Crippen LogP contribution in [-0.4, -0.2) is 61.9 Å². The van der Waals surface area contributed by atoms with E-state index in [1.54, 1.807) is 0 Å². The van der Waals surface area contributed by atoms with Gasteiger partial charge in [0.05, 0.1) is 13.7 Å². The largest absolute Gasteiger partial charge is 0.469 e. The molecule has 1 rings (SSSR count). The highest BCUT2D eigenvalue weighted by molar-refractivity contribution is 5.69. The lowest BCUT2D eigenvalue weighted by Gasteiger charge is -2.37. The number of carbonyl (C=O) groups is 1. The van der Waals surface area contributed by atoms with E-state index in [2.05, 4.69) is 21.9 Å². The number of nitrogens with zero attached hydrogens (tertiary/aromatic N) is 1. The number of likely N-dealkylation sites (tertiary alicyclic amines) is 1. The molecule has 0 radical (unpaired) electrons. The summed E-state index contributed by atoms with van der Waals surface area (Å²) in [5.74, 6) is 0.414. The second-order valence-corrected chi connectivity index (χ2v) is 4.94. The van der Waals surface area contributed by atoms with Gasteiger partial charge in [-0.05, 0) is 25.3 Å². The van der Waals surface area contributed by atoms with Gasteiger partial charge >= 0.3 is 5.97 Å². The van der Waals surface area contributed by atoms with Gasteiger partial charge < -0.3 is 20.1 Å². The van der Waals surface area contributed by atoms with Gasteiger partial charge in [0.25, 0.3) is 0 Å². The molecule has 18 heavy (non-hydrogen) atoms. The van der Waals surface area contributed by atoms with E-state index in [9.17, 15) is 4.79 Å². The molecule has 0 aliphatic carbocycles. The highest BCUT2D eigenvalue weighted by Gasteiger charge is 2.26. The van der Waals surface area contributed by atoms with Gasteiger partial charge in [-0.2, -0.15) is 0 Å². The molecule has 0 amide bonds. The third-order valence-electron chi connectivity index (χ3n) is 3.59. The second kappa shape index (κ2) is 8.45. The standard InChI is InChI=1S/C13H26N2O3/c1-3-15-9-11(4-5-13(17)18-2)8-12(10-15)14-6-7-16/h11-12,14,16H,3-10H2,1-2H3. The number of carbonyl (C=O) groups excluding carboxylic acids is 1. The summed E-state index contributed by atoms with van der Waals surface area (Å²) in [5, 5.41) is 12.2. The van der Waals surface area contributed by atoms with Crippen molar-refractivity contribution < 1.29 is 14.6 Å². The van der Waals surface area contributed by atoms with Gasteiger partial charge in [0, 0.05) is 32.1 Å². The van der Waals surface area contributed by atoms with Crippen LogP contribution in [0.3, 0.4) is 0 Å². The number of ether oxygens (including phenoxy) is 1. The molecule has 5 heteroatoms. The summed E-state index contributed by atoms with van der Waals surface area (Å²) in [6.45, 7) is 6.11. The first-order valence-corrected chi connectivity index (χ1v) is 6.83. The van der Waals surface area contributed by atoms with E-state index in [-0.39, 0.29) is 12.6 Å². The first-order chi connectivity index (χ1) is 8.69. The van der Waals surface area contributed by atoms with Gasteiger partial charge in [0.15, 0.2) is 0 Å². The number of aliphatic hydroxyl groups is 1. The first-order valence-electron chi connectivity index (χ1n) is 6.83. The fraction of sp³-hybridized carbons (Fsp3) is 0.923. The summed E-state index contributed by atoms with van der Waals surface area (Å²) < 4.78 is 4.68. The fourth-order valence-corrected chi connectivity index (χ4v) is 2.61. The van der Waals surface area contributed by atoms with Crippen LogP contribution < -0.4 is 5.32 Å². The molecular formula is C13H26N2O3. The predicted molar refractivity (Wildman–Crippen MR) is 70.3 cm³/mol. The second-order valence-electron chi connectivity index (χ2n) is 4.94. The van der Waals surface area contributed by atoms with Gasteiger partial charge in [-0.25, -0.2) is 0 Å². The first kappa shape index (κ1) is 15.4. The van der Waals surface area contributed by atoms with E-state index in [1.807, 2.05) is 0 Å². The van der Waals surface area contributed by atoms with Gasteiger partial charge in [0.2, 0.25) is 0 Å². The Labute approximate surface area is 109 Å². The molecule has 0 bridgehead atoms. The van der Waals surface area contributed by atoms with E-state index >= 15 is 0 Å². The Bertz CT molecular complexity index is 248. The zero-order chi connectivity index (χ0) is 13.4. The van der Waals surface area contributed by atoms with Gasteiger partial charge in [-0.15, -0.1) is 0 Å². The van der Waals surface area contributed by atoms with Gasteiger partial charge in [-0.3, -0.25) is 4.79 Å². The number of hydrogen-bond donors (Lipinski definition) is 2. The molecule has 1 aliphatic heterocycles. The minimum absolute atomic E-state index is 0.122. The van der Waals surface area contributed by atoms with Crippen molar-refractivity contribution in [1.82, 2.24) is 10.2 Å². The van der Waals surface area contributed by atoms with Gasteiger partial charge in [-0.1, -0.05) is 6.92 Å². The Kier molecular flexibility index (Phi) is 7.23. The highest BCUT2D eigenvalue weighted by atomic mass is 16.5. The average Bonchev–Trinajstić information content (AvgIpc) is 2.42. The maximum Gasteiger partial charge on any atom is 0.305 e. The topological polar surface area (TPSA) is 61.8 Å². The quantitative estimate of drug-likeness (QED) is 0.640. The number of hydrogen-bond acceptors (Lipinski definition) is 5. The van der Waals surface area contributed by atoms with Crippen molar-refractivity contribution >= 4 is 5.97 Å². The summed E-state index contributed by atoms with van der Waals surface area (Å²) in [6.07, 6.45) is 2.47. The normalized spacial score (nSPS) is 25.1. The Balaban J connectivity index is 2.38. The Hall–Kier alpha value is -0.650. The van der Waals surface area contributed by atoms with Crippen LogP contribution in [0.1, 0.15) is 26.2 Å². The van der Waals surface area contributed by atoms with Crippen molar-refractivity contribution in [2.24, 2.45) is 5.92 Å². The molecular weight excluding hydrogens is 232 g/mol. The Morgan fingerprint density at radius 3 is 2.89 bits per heavy atom. The number of nitrogens with one attached hydrogen (secondary N) is 1. The molecule has 0 aromatic heterocycles. The molecule has 106 valence electrons. The molecule has 2 atom stereocenters. The number of piperidine rings is 1. The molecule has 1 fully saturated rings. The van der Waals surface area contributed by atoms with Crippen LogP contribution in [0.5, 0.6) is 0 Å². The molecule has 1 saturated heterocycles. The summed E-state index contributed by atoms with van der Waals surface area (Å²) in [6, 6.07) is 0.425. The Morgan fingerprint density at radius 1 is 1.50 bits per heavy atom. The SMILES string of the molecule is CCN1CC(CCC(=O)OC)CC(NCCO)C1. The Morgan fingerprint density at radius 2 is 2.28 bits per heavy atom. The van der Waals surface area contributed by atoms with Crippen molar-refractivity contribution in [1.29, 1.82) is 0 Å². The maximum absolute atomic E-state index is 11.2. The molecule has 0 aromatic carbocycles. The monoisotopic (exact) mass is 258 g/mol. The van der Waals surface area contributed by atoms with E-state index in [1.165, 1.54) is 7.11 Å². The minimum atomic E-state index is -0.122. The molecule has 1 aliphatic rings. The number of aliphatic hydroxyl groups excluding tert-OH is 1. The molecule has 0 aromatic rings. The van der Waals surface area contributed by atoms with Gasteiger partial charge in [0.1, 0.15) is 0 Å². The van der Waals surface area contributed by atoms with Crippen LogP contribution in [0.4, 0.5) is 0 Å². The molecule has 2 unspecified atom stereocenters. The molecule has 0 saturated carbocycles. The number of methoxy groups -OCH3 is 1. The number of esters is 1. The lowest BCUT2D eigenvalue weighted by Crippen LogP contribution is -2.49. The minimum Gasteiger partial charge on any atom is -0.469 e. The third-order valence-corrected chi connectivity index (χ3v) is 3.59. The van der Waals surface area contributed by atoms with Crippen molar-refractivity contribution in [2.45, 2.75) is 32.2 Å². The summed E-state index contributed by atoms with van der Waals surface area (Å²) in [7, 11) is 1.44. The smallest absolute Gasteiger partial charge is 0.305 e. The molecule has 2 N–H and O–H groups in total.